The minimum Gasteiger partial charge on any atom is -0.482 e. The van der Waals surface area contributed by atoms with E-state index in [0.717, 1.165) is 27.7 Å². The highest BCUT2D eigenvalue weighted by atomic mass is 127. The molecule has 2 heterocycles. The van der Waals surface area contributed by atoms with E-state index in [1.165, 1.54) is 7.11 Å². The number of aromatic nitrogens is 2. The molecule has 2 fully saturated rings. The average Bonchev–Trinajstić information content (AvgIpc) is 3.55. The molecule has 0 bridgehead atoms. The van der Waals surface area contributed by atoms with Crippen LogP contribution in [0.1, 0.15) is 74.3 Å². The lowest BCUT2D eigenvalue weighted by Crippen LogP contribution is -2.55. The molecule has 1 saturated carbocycles. The van der Waals surface area contributed by atoms with E-state index >= 15 is 0 Å². The van der Waals surface area contributed by atoms with Gasteiger partial charge in [-0.15, -0.1) is 0 Å². The Labute approximate surface area is 232 Å². The van der Waals surface area contributed by atoms with Gasteiger partial charge in [-0.25, -0.2) is 9.59 Å². The maximum atomic E-state index is 12.7. The van der Waals surface area contributed by atoms with E-state index in [2.05, 4.69) is 27.5 Å². The Morgan fingerprint density at radius 2 is 1.95 bits per heavy atom. The van der Waals surface area contributed by atoms with Crippen LogP contribution in [0.5, 0.6) is 5.75 Å². The van der Waals surface area contributed by atoms with E-state index in [0.29, 0.717) is 43.5 Å². The number of esters is 1. The van der Waals surface area contributed by atoms with Crippen LogP contribution < -0.4 is 4.74 Å². The van der Waals surface area contributed by atoms with E-state index in [4.69, 9.17) is 19.3 Å². The molecule has 9 nitrogen and oxygen atoms in total. The van der Waals surface area contributed by atoms with Crippen molar-refractivity contribution in [2.24, 2.45) is 0 Å². The number of methoxy groups -OCH3 is 1. The zero-order chi connectivity index (χ0) is 26.9. The zero-order valence-corrected chi connectivity index (χ0v) is 24.6. The number of carbonyl (C=O) groups is 2. The summed E-state index contributed by atoms with van der Waals surface area (Å²) in [4.78, 5) is 29.3. The molecule has 2 aromatic rings. The molecule has 0 radical (unpaired) electrons. The van der Waals surface area contributed by atoms with Crippen LogP contribution in [0.3, 0.4) is 0 Å². The summed E-state index contributed by atoms with van der Waals surface area (Å²) in [7, 11) is 1.37. The summed E-state index contributed by atoms with van der Waals surface area (Å²) >= 11 is 2.21. The van der Waals surface area contributed by atoms with Crippen molar-refractivity contribution in [1.29, 1.82) is 0 Å². The van der Waals surface area contributed by atoms with Gasteiger partial charge in [-0.1, -0.05) is 0 Å². The molecule has 1 saturated heterocycles. The second-order valence-corrected chi connectivity index (χ2v) is 12.1. The molecule has 37 heavy (non-hydrogen) atoms. The van der Waals surface area contributed by atoms with Crippen LogP contribution >= 0.6 is 22.6 Å². The van der Waals surface area contributed by atoms with Crippen molar-refractivity contribution in [1.82, 2.24) is 19.6 Å². The molecular formula is C27H37IN4O5. The highest BCUT2D eigenvalue weighted by Crippen LogP contribution is 2.35. The van der Waals surface area contributed by atoms with Gasteiger partial charge in [-0.05, 0) is 93.8 Å². The van der Waals surface area contributed by atoms with Crippen molar-refractivity contribution < 1.29 is 23.8 Å². The van der Waals surface area contributed by atoms with Gasteiger partial charge in [0.25, 0.3) is 0 Å². The van der Waals surface area contributed by atoms with Crippen LogP contribution in [0.4, 0.5) is 4.79 Å². The zero-order valence-electron chi connectivity index (χ0n) is 22.5. The molecule has 1 amide bonds. The van der Waals surface area contributed by atoms with Gasteiger partial charge in [-0.2, -0.15) is 5.10 Å². The highest BCUT2D eigenvalue weighted by molar-refractivity contribution is 14.1. The number of ether oxygens (including phenoxy) is 3. The fourth-order valence-electron chi connectivity index (χ4n) is 4.46. The lowest BCUT2D eigenvalue weighted by molar-refractivity contribution is -0.00320. The predicted molar refractivity (Wildman–Crippen MR) is 148 cm³/mol. The van der Waals surface area contributed by atoms with Gasteiger partial charge in [0.2, 0.25) is 0 Å². The summed E-state index contributed by atoms with van der Waals surface area (Å²) in [5, 5.41) is 4.83. The van der Waals surface area contributed by atoms with Gasteiger partial charge in [0.05, 0.1) is 13.2 Å². The summed E-state index contributed by atoms with van der Waals surface area (Å²) in [5.41, 5.74) is 1.70. The van der Waals surface area contributed by atoms with Crippen molar-refractivity contribution in [3.8, 4) is 5.75 Å². The fourth-order valence-corrected chi connectivity index (χ4v) is 4.93. The van der Waals surface area contributed by atoms with E-state index in [1.54, 1.807) is 11.0 Å². The van der Waals surface area contributed by atoms with Crippen LogP contribution in [0.15, 0.2) is 24.4 Å². The number of rotatable bonds is 7. The molecule has 1 aliphatic carbocycles. The molecule has 1 aromatic carbocycles. The Balaban J connectivity index is 1.55. The number of aryl methyl sites for hydroxylation is 1. The first-order chi connectivity index (χ1) is 17.4. The molecule has 2 aliphatic rings. The van der Waals surface area contributed by atoms with Crippen molar-refractivity contribution in [3.05, 3.63) is 44.8 Å². The second-order valence-electron chi connectivity index (χ2n) is 10.9. The summed E-state index contributed by atoms with van der Waals surface area (Å²) in [5.74, 6) is 0.0472. The van der Waals surface area contributed by atoms with Gasteiger partial charge < -0.3 is 19.1 Å². The van der Waals surface area contributed by atoms with E-state index in [9.17, 15) is 9.59 Å². The second kappa shape index (κ2) is 11.2. The monoisotopic (exact) mass is 624 g/mol. The van der Waals surface area contributed by atoms with Crippen molar-refractivity contribution in [3.63, 3.8) is 0 Å². The fraction of sp³-hybridized carbons (Fsp3) is 0.593. The SMILES string of the molecule is COC(=O)c1cc(I)c(C)cc1OC(CN1CCN(C(=O)OC(C)(C)C)[C@H](C)C1)c1ccn(C2CC2)n1. The van der Waals surface area contributed by atoms with Gasteiger partial charge in [0, 0.05) is 42.0 Å². The smallest absolute Gasteiger partial charge is 0.410 e. The Morgan fingerprint density at radius 1 is 1.22 bits per heavy atom. The lowest BCUT2D eigenvalue weighted by atomic mass is 10.1. The Kier molecular flexibility index (Phi) is 8.37. The van der Waals surface area contributed by atoms with Gasteiger partial charge in [0.1, 0.15) is 22.6 Å². The number of hydrogen-bond acceptors (Lipinski definition) is 7. The molecule has 0 N–H and O–H groups in total. The molecule has 4 rings (SSSR count). The van der Waals surface area contributed by atoms with Crippen molar-refractivity contribution >= 4 is 34.7 Å². The molecular weight excluding hydrogens is 587 g/mol. The van der Waals surface area contributed by atoms with Crippen LogP contribution in [0.25, 0.3) is 0 Å². The van der Waals surface area contributed by atoms with Crippen LogP contribution in [0.2, 0.25) is 0 Å². The first-order valence-corrected chi connectivity index (χ1v) is 13.8. The third kappa shape index (κ3) is 6.95. The molecule has 1 unspecified atom stereocenters. The largest absolute Gasteiger partial charge is 0.482 e. The summed E-state index contributed by atoms with van der Waals surface area (Å²) in [6.07, 6.45) is 3.60. The Bertz CT molecular complexity index is 1140. The average molecular weight is 625 g/mol. The molecule has 2 atom stereocenters. The van der Waals surface area contributed by atoms with E-state index < -0.39 is 17.7 Å². The lowest BCUT2D eigenvalue weighted by Gasteiger charge is -2.41. The van der Waals surface area contributed by atoms with Gasteiger partial charge in [0.15, 0.2) is 6.10 Å². The maximum absolute atomic E-state index is 12.7. The topological polar surface area (TPSA) is 86.1 Å². The number of hydrogen-bond donors (Lipinski definition) is 0. The van der Waals surface area contributed by atoms with Crippen LogP contribution in [0, 0.1) is 10.5 Å². The summed E-state index contributed by atoms with van der Waals surface area (Å²) in [6.45, 7) is 12.2. The number of amides is 1. The van der Waals surface area contributed by atoms with Gasteiger partial charge in [-0.3, -0.25) is 9.58 Å². The number of nitrogens with zero attached hydrogens (tertiary/aromatic N) is 4. The standard InChI is InChI=1S/C27H37IN4O5/c1-17-13-23(20(14-21(17)28)25(33)35-6)36-24(22-9-10-32(29-22)19-7-8-19)16-30-11-12-31(18(2)15-30)26(34)37-27(3,4)5/h9-10,13-14,18-19,24H,7-8,11-12,15-16H2,1-6H3/t18-,24?/m1/s1. The molecule has 1 aliphatic heterocycles. The maximum Gasteiger partial charge on any atom is 0.410 e. The van der Waals surface area contributed by atoms with Crippen LogP contribution in [-0.2, 0) is 9.47 Å². The highest BCUT2D eigenvalue weighted by Gasteiger charge is 2.33. The minimum absolute atomic E-state index is 0.0144. The van der Waals surface area contributed by atoms with Crippen LogP contribution in [-0.4, -0.2) is 76.6 Å². The number of carbonyl (C=O) groups excluding carboxylic acids is 2. The first-order valence-electron chi connectivity index (χ1n) is 12.8. The Morgan fingerprint density at radius 3 is 2.57 bits per heavy atom. The van der Waals surface area contributed by atoms with Gasteiger partial charge >= 0.3 is 12.1 Å². The Hall–Kier alpha value is -2.34. The number of piperazine rings is 1. The van der Waals surface area contributed by atoms with E-state index in [-0.39, 0.29) is 12.1 Å². The minimum atomic E-state index is -0.532. The van der Waals surface area contributed by atoms with E-state index in [1.807, 2.05) is 57.6 Å². The number of benzene rings is 1. The normalized spacial score (nSPS) is 19.4. The first kappa shape index (κ1) is 27.7. The predicted octanol–water partition coefficient (Wildman–Crippen LogP) is 4.98. The quantitative estimate of drug-likeness (QED) is 0.318. The molecule has 10 heteroatoms. The van der Waals surface area contributed by atoms with Crippen molar-refractivity contribution in [2.45, 2.75) is 71.2 Å². The third-order valence-corrected chi connectivity index (χ3v) is 7.74. The van der Waals surface area contributed by atoms with Crippen molar-refractivity contribution in [2.75, 3.05) is 33.3 Å². The third-order valence-electron chi connectivity index (χ3n) is 6.58. The molecule has 0 spiro atoms. The number of halogens is 1. The molecule has 1 aromatic heterocycles. The summed E-state index contributed by atoms with van der Waals surface area (Å²) in [6, 6.07) is 6.14. The molecule has 202 valence electrons. The summed E-state index contributed by atoms with van der Waals surface area (Å²) < 4.78 is 20.2.